The van der Waals surface area contributed by atoms with Gasteiger partial charge in [0.1, 0.15) is 6.33 Å². The normalized spacial score (nSPS) is 11.0. The van der Waals surface area contributed by atoms with Gasteiger partial charge >= 0.3 is 0 Å². The van der Waals surface area contributed by atoms with Crippen LogP contribution < -0.4 is 4.72 Å². The molecule has 0 bridgehead atoms. The molecule has 3 rings (SSSR count). The van der Waals surface area contributed by atoms with Crippen LogP contribution >= 0.6 is 11.8 Å². The maximum absolute atomic E-state index is 12.4. The summed E-state index contributed by atoms with van der Waals surface area (Å²) in [6.07, 6.45) is 1.61. The van der Waals surface area contributed by atoms with E-state index in [-0.39, 0.29) is 4.90 Å². The van der Waals surface area contributed by atoms with Crippen LogP contribution in [0.4, 0.5) is 5.69 Å². The average molecular weight is 371 g/mol. The van der Waals surface area contributed by atoms with Crippen molar-refractivity contribution in [3.05, 3.63) is 60.4 Å². The van der Waals surface area contributed by atoms with Crippen LogP contribution in [0.5, 0.6) is 0 Å². The lowest BCUT2D eigenvalue weighted by molar-refractivity contribution is 0.601. The van der Waals surface area contributed by atoms with E-state index in [9.17, 15) is 8.42 Å². The van der Waals surface area contributed by atoms with Crippen molar-refractivity contribution in [3.8, 4) is 6.07 Å². The van der Waals surface area contributed by atoms with Crippen molar-refractivity contribution in [2.24, 2.45) is 7.05 Å². The number of hydrogen-bond acceptors (Lipinski definition) is 6. The van der Waals surface area contributed by atoms with Gasteiger partial charge < -0.3 is 4.57 Å². The highest BCUT2D eigenvalue weighted by Gasteiger charge is 2.14. The molecular formula is C16H13N5O2S2. The Hall–Kier alpha value is -2.83. The summed E-state index contributed by atoms with van der Waals surface area (Å²) in [4.78, 5) is 0.953. The topological polar surface area (TPSA) is 101 Å². The highest BCUT2D eigenvalue weighted by Crippen LogP contribution is 2.27. The minimum Gasteiger partial charge on any atom is -0.311 e. The summed E-state index contributed by atoms with van der Waals surface area (Å²) >= 11 is 1.42. The highest BCUT2D eigenvalue weighted by atomic mass is 32.2. The third-order valence-corrected chi connectivity index (χ3v) is 5.70. The third kappa shape index (κ3) is 3.99. The number of rotatable bonds is 5. The molecular weight excluding hydrogens is 358 g/mol. The first kappa shape index (κ1) is 17.0. The van der Waals surface area contributed by atoms with E-state index in [0.29, 0.717) is 11.3 Å². The number of nitrogens with zero attached hydrogens (tertiary/aromatic N) is 4. The van der Waals surface area contributed by atoms with E-state index in [0.717, 1.165) is 10.1 Å². The molecule has 1 aromatic heterocycles. The summed E-state index contributed by atoms with van der Waals surface area (Å²) in [6.45, 7) is 0. The van der Waals surface area contributed by atoms with E-state index in [1.165, 1.54) is 30.0 Å². The summed E-state index contributed by atoms with van der Waals surface area (Å²) in [5.74, 6) is 0. The zero-order valence-electron chi connectivity index (χ0n) is 13.1. The molecule has 7 nitrogen and oxygen atoms in total. The molecule has 2 aromatic carbocycles. The molecule has 0 unspecified atom stereocenters. The molecule has 0 amide bonds. The molecule has 0 atom stereocenters. The Balaban J connectivity index is 1.76. The van der Waals surface area contributed by atoms with Crippen LogP contribution in [0.2, 0.25) is 0 Å². The van der Waals surface area contributed by atoms with E-state index in [2.05, 4.69) is 14.9 Å². The number of aromatic nitrogens is 3. The van der Waals surface area contributed by atoms with Gasteiger partial charge in [-0.3, -0.25) is 4.72 Å². The second-order valence-electron chi connectivity index (χ2n) is 5.10. The first-order valence-corrected chi connectivity index (χ1v) is 9.43. The minimum absolute atomic E-state index is 0.0455. The van der Waals surface area contributed by atoms with Crippen LogP contribution in [0.25, 0.3) is 0 Å². The second kappa shape index (κ2) is 6.96. The Bertz CT molecular complexity index is 1040. The van der Waals surface area contributed by atoms with E-state index in [4.69, 9.17) is 5.26 Å². The molecule has 0 saturated carbocycles. The van der Waals surface area contributed by atoms with Gasteiger partial charge in [-0.1, -0.05) is 6.07 Å². The Morgan fingerprint density at radius 2 is 1.96 bits per heavy atom. The largest absolute Gasteiger partial charge is 0.311 e. The van der Waals surface area contributed by atoms with Gasteiger partial charge in [-0.05, 0) is 54.2 Å². The first-order valence-electron chi connectivity index (χ1n) is 7.13. The molecule has 0 aliphatic carbocycles. The van der Waals surface area contributed by atoms with Crippen LogP contribution in [0.3, 0.4) is 0 Å². The zero-order chi connectivity index (χ0) is 17.9. The van der Waals surface area contributed by atoms with Crippen LogP contribution in [-0.4, -0.2) is 23.2 Å². The molecule has 1 heterocycles. The van der Waals surface area contributed by atoms with E-state index < -0.39 is 10.0 Å². The Morgan fingerprint density at radius 3 is 2.60 bits per heavy atom. The quantitative estimate of drug-likeness (QED) is 0.740. The van der Waals surface area contributed by atoms with Gasteiger partial charge in [0.15, 0.2) is 5.16 Å². The Labute approximate surface area is 149 Å². The third-order valence-electron chi connectivity index (χ3n) is 3.26. The summed E-state index contributed by atoms with van der Waals surface area (Å²) in [5, 5.41) is 17.4. The monoisotopic (exact) mass is 371 g/mol. The fourth-order valence-electron chi connectivity index (χ4n) is 2.01. The van der Waals surface area contributed by atoms with Crippen molar-refractivity contribution in [2.45, 2.75) is 14.9 Å². The average Bonchev–Trinajstić information content (AvgIpc) is 3.01. The van der Waals surface area contributed by atoms with Gasteiger partial charge in [0, 0.05) is 17.6 Å². The number of nitrogens with one attached hydrogen (secondary N) is 1. The number of anilines is 1. The first-order chi connectivity index (χ1) is 12.0. The molecule has 0 fully saturated rings. The van der Waals surface area contributed by atoms with E-state index in [1.807, 2.05) is 13.1 Å². The minimum atomic E-state index is -3.75. The van der Waals surface area contributed by atoms with E-state index in [1.54, 1.807) is 41.2 Å². The molecule has 1 N–H and O–H groups in total. The van der Waals surface area contributed by atoms with Crippen LogP contribution in [0, 0.1) is 11.3 Å². The molecule has 0 spiro atoms. The number of nitriles is 1. The Morgan fingerprint density at radius 1 is 1.20 bits per heavy atom. The number of benzene rings is 2. The summed E-state index contributed by atoms with van der Waals surface area (Å²) in [7, 11) is -1.90. The standard InChI is InChI=1S/C16H13N5O2S2/c1-21-11-18-19-16(21)24-14-7-5-13(6-8-14)20-25(22,23)15-4-2-3-12(9-15)10-17/h2-9,11,20H,1H3. The maximum Gasteiger partial charge on any atom is 0.261 e. The smallest absolute Gasteiger partial charge is 0.261 e. The van der Waals surface area contributed by atoms with Crippen LogP contribution in [-0.2, 0) is 17.1 Å². The van der Waals surface area contributed by atoms with Crippen molar-refractivity contribution in [2.75, 3.05) is 4.72 Å². The predicted octanol–water partition coefficient (Wildman–Crippen LogP) is 2.64. The predicted molar refractivity (Wildman–Crippen MR) is 93.5 cm³/mol. The van der Waals surface area contributed by atoms with Crippen molar-refractivity contribution in [1.29, 1.82) is 5.26 Å². The maximum atomic E-state index is 12.4. The molecule has 0 radical (unpaired) electrons. The fourth-order valence-corrected chi connectivity index (χ4v) is 3.87. The van der Waals surface area contributed by atoms with Gasteiger partial charge in [-0.2, -0.15) is 5.26 Å². The van der Waals surface area contributed by atoms with Crippen molar-refractivity contribution < 1.29 is 8.42 Å². The molecule has 3 aromatic rings. The molecule has 0 aliphatic rings. The number of hydrogen-bond donors (Lipinski definition) is 1. The molecule has 126 valence electrons. The lowest BCUT2D eigenvalue weighted by Gasteiger charge is -2.09. The summed E-state index contributed by atoms with van der Waals surface area (Å²) < 4.78 is 29.1. The molecule has 0 aliphatic heterocycles. The summed E-state index contributed by atoms with van der Waals surface area (Å²) in [5.41, 5.74) is 0.725. The highest BCUT2D eigenvalue weighted by molar-refractivity contribution is 7.99. The van der Waals surface area contributed by atoms with Gasteiger partial charge in [0.25, 0.3) is 10.0 Å². The molecule has 25 heavy (non-hydrogen) atoms. The molecule has 0 saturated heterocycles. The van der Waals surface area contributed by atoms with Crippen molar-refractivity contribution >= 4 is 27.5 Å². The van der Waals surface area contributed by atoms with Crippen LogP contribution in [0.1, 0.15) is 5.56 Å². The van der Waals surface area contributed by atoms with E-state index >= 15 is 0 Å². The Kier molecular flexibility index (Phi) is 4.74. The lowest BCUT2D eigenvalue weighted by Crippen LogP contribution is -2.12. The van der Waals surface area contributed by atoms with Crippen molar-refractivity contribution in [3.63, 3.8) is 0 Å². The number of aryl methyl sites for hydroxylation is 1. The SMILES string of the molecule is Cn1cnnc1Sc1ccc(NS(=O)(=O)c2cccc(C#N)c2)cc1. The summed E-state index contributed by atoms with van der Waals surface area (Å²) in [6, 6.07) is 14.7. The van der Waals surface area contributed by atoms with Crippen LogP contribution in [0.15, 0.2) is 69.8 Å². The molecule has 9 heteroatoms. The van der Waals surface area contributed by atoms with Gasteiger partial charge in [0.05, 0.1) is 16.5 Å². The van der Waals surface area contributed by atoms with Gasteiger partial charge in [-0.15, -0.1) is 10.2 Å². The second-order valence-corrected chi connectivity index (χ2v) is 7.82. The zero-order valence-corrected chi connectivity index (χ0v) is 14.8. The lowest BCUT2D eigenvalue weighted by atomic mass is 10.2. The van der Waals surface area contributed by atoms with Crippen molar-refractivity contribution in [1.82, 2.24) is 14.8 Å². The fraction of sp³-hybridized carbons (Fsp3) is 0.0625. The van der Waals surface area contributed by atoms with Gasteiger partial charge in [-0.25, -0.2) is 8.42 Å². The van der Waals surface area contributed by atoms with Gasteiger partial charge in [0.2, 0.25) is 0 Å². The number of sulfonamides is 1.